The molecule has 2 aromatic rings. The van der Waals surface area contributed by atoms with Gasteiger partial charge in [-0.15, -0.1) is 0 Å². The average Bonchev–Trinajstić information content (AvgIpc) is 2.52. The number of nitrogens with zero attached hydrogens (tertiary/aromatic N) is 1. The summed E-state index contributed by atoms with van der Waals surface area (Å²) in [5.41, 5.74) is 2.34. The van der Waals surface area contributed by atoms with Gasteiger partial charge in [-0.1, -0.05) is 40.9 Å². The molecule has 2 aromatic carbocycles. The maximum absolute atomic E-state index is 12.1. The van der Waals surface area contributed by atoms with Crippen LogP contribution in [0.25, 0.3) is 0 Å². The quantitative estimate of drug-likeness (QED) is 0.836. The van der Waals surface area contributed by atoms with Crippen LogP contribution in [0.15, 0.2) is 42.5 Å². The van der Waals surface area contributed by atoms with Crippen LogP contribution < -0.4 is 10.2 Å². The van der Waals surface area contributed by atoms with Crippen LogP contribution in [0.3, 0.4) is 0 Å². The van der Waals surface area contributed by atoms with Crippen LogP contribution >= 0.6 is 23.2 Å². The van der Waals surface area contributed by atoms with Gasteiger partial charge in [-0.3, -0.25) is 9.59 Å². The summed E-state index contributed by atoms with van der Waals surface area (Å²) in [4.78, 5) is 25.5. The van der Waals surface area contributed by atoms with Gasteiger partial charge in [-0.05, 0) is 37.3 Å². The molecule has 0 saturated carbocycles. The van der Waals surface area contributed by atoms with E-state index in [2.05, 4.69) is 5.32 Å². The highest BCUT2D eigenvalue weighted by Gasteiger charge is 2.16. The number of hydrogen-bond acceptors (Lipinski definition) is 2. The fourth-order valence-electron chi connectivity index (χ4n) is 2.21. The van der Waals surface area contributed by atoms with Crippen molar-refractivity contribution in [2.45, 2.75) is 20.3 Å². The van der Waals surface area contributed by atoms with Crippen LogP contribution in [0, 0.1) is 6.92 Å². The molecule has 4 nitrogen and oxygen atoms in total. The molecule has 0 spiro atoms. The van der Waals surface area contributed by atoms with Crippen LogP contribution in [-0.4, -0.2) is 18.4 Å². The fraction of sp³-hybridized carbons (Fsp3) is 0.222. The summed E-state index contributed by atoms with van der Waals surface area (Å²) in [7, 11) is 0. The standard InChI is InChI=1S/C18H18Cl2N2O2/c1-12-3-6-15(7-4-12)21-18(24)9-10-22(13(2)23)17-11-14(19)5-8-16(17)20/h3-8,11H,9-10H2,1-2H3,(H,21,24). The lowest BCUT2D eigenvalue weighted by Crippen LogP contribution is -2.32. The van der Waals surface area contributed by atoms with E-state index in [4.69, 9.17) is 23.2 Å². The SMILES string of the molecule is CC(=O)N(CCC(=O)Nc1ccc(C)cc1)c1cc(Cl)ccc1Cl. The molecule has 6 heteroatoms. The second kappa shape index (κ2) is 8.18. The highest BCUT2D eigenvalue weighted by atomic mass is 35.5. The van der Waals surface area contributed by atoms with Crippen molar-refractivity contribution in [3.63, 3.8) is 0 Å². The normalized spacial score (nSPS) is 10.3. The molecule has 0 atom stereocenters. The van der Waals surface area contributed by atoms with Crippen molar-refractivity contribution in [1.29, 1.82) is 0 Å². The number of hydrogen-bond donors (Lipinski definition) is 1. The first-order chi connectivity index (χ1) is 11.4. The molecule has 2 amide bonds. The molecule has 0 fully saturated rings. The van der Waals surface area contributed by atoms with Gasteiger partial charge >= 0.3 is 0 Å². The Labute approximate surface area is 151 Å². The summed E-state index contributed by atoms with van der Waals surface area (Å²) in [6.45, 7) is 3.62. The Balaban J connectivity index is 2.03. The Morgan fingerprint density at radius 2 is 1.75 bits per heavy atom. The Bertz CT molecular complexity index is 745. The van der Waals surface area contributed by atoms with E-state index in [9.17, 15) is 9.59 Å². The molecule has 0 aliphatic rings. The second-order valence-electron chi connectivity index (χ2n) is 5.43. The van der Waals surface area contributed by atoms with Crippen LogP contribution in [-0.2, 0) is 9.59 Å². The summed E-state index contributed by atoms with van der Waals surface area (Å²) in [5, 5.41) is 3.69. The molecule has 126 valence electrons. The molecule has 0 saturated heterocycles. The number of aryl methyl sites for hydroxylation is 1. The van der Waals surface area contributed by atoms with Gasteiger partial charge in [0, 0.05) is 30.6 Å². The van der Waals surface area contributed by atoms with Crippen molar-refractivity contribution < 1.29 is 9.59 Å². The number of carbonyl (C=O) groups is 2. The van der Waals surface area contributed by atoms with Gasteiger partial charge in [0.2, 0.25) is 11.8 Å². The smallest absolute Gasteiger partial charge is 0.226 e. The van der Waals surface area contributed by atoms with Crippen LogP contribution in [0.1, 0.15) is 18.9 Å². The van der Waals surface area contributed by atoms with Crippen molar-refractivity contribution in [1.82, 2.24) is 0 Å². The number of benzene rings is 2. The van der Waals surface area contributed by atoms with E-state index >= 15 is 0 Å². The molecule has 0 aliphatic heterocycles. The van der Waals surface area contributed by atoms with E-state index in [0.717, 1.165) is 11.3 Å². The number of halogens is 2. The highest BCUT2D eigenvalue weighted by Crippen LogP contribution is 2.29. The fourth-order valence-corrected chi connectivity index (χ4v) is 2.60. The van der Waals surface area contributed by atoms with Gasteiger partial charge in [0.15, 0.2) is 0 Å². The molecule has 1 N–H and O–H groups in total. The van der Waals surface area contributed by atoms with E-state index in [0.29, 0.717) is 15.7 Å². The number of amides is 2. The number of anilines is 2. The summed E-state index contributed by atoms with van der Waals surface area (Å²) >= 11 is 12.1. The lowest BCUT2D eigenvalue weighted by molar-refractivity contribution is -0.117. The van der Waals surface area contributed by atoms with Gasteiger partial charge in [0.1, 0.15) is 0 Å². The first-order valence-electron chi connectivity index (χ1n) is 7.46. The van der Waals surface area contributed by atoms with Gasteiger partial charge in [0.25, 0.3) is 0 Å². The van der Waals surface area contributed by atoms with E-state index < -0.39 is 0 Å². The molecule has 0 bridgehead atoms. The van der Waals surface area contributed by atoms with E-state index in [1.807, 2.05) is 31.2 Å². The molecule has 24 heavy (non-hydrogen) atoms. The Morgan fingerprint density at radius 3 is 2.38 bits per heavy atom. The predicted octanol–water partition coefficient (Wildman–Crippen LogP) is 4.68. The topological polar surface area (TPSA) is 49.4 Å². The Hall–Kier alpha value is -2.04. The maximum atomic E-state index is 12.1. The van der Waals surface area contributed by atoms with Crippen molar-refractivity contribution in [2.24, 2.45) is 0 Å². The third-order valence-corrected chi connectivity index (χ3v) is 4.03. The molecule has 0 radical (unpaired) electrons. The minimum atomic E-state index is -0.206. The number of rotatable bonds is 5. The molecular weight excluding hydrogens is 347 g/mol. The predicted molar refractivity (Wildman–Crippen MR) is 98.9 cm³/mol. The second-order valence-corrected chi connectivity index (χ2v) is 6.27. The largest absolute Gasteiger partial charge is 0.326 e. The third kappa shape index (κ3) is 4.98. The summed E-state index contributed by atoms with van der Waals surface area (Å²) in [6, 6.07) is 12.4. The Kier molecular flexibility index (Phi) is 6.23. The summed E-state index contributed by atoms with van der Waals surface area (Å²) in [6.07, 6.45) is 0.149. The third-order valence-electron chi connectivity index (χ3n) is 3.48. The Morgan fingerprint density at radius 1 is 1.08 bits per heavy atom. The molecule has 0 heterocycles. The zero-order valence-corrected chi connectivity index (χ0v) is 15.0. The zero-order valence-electron chi connectivity index (χ0n) is 13.5. The van der Waals surface area contributed by atoms with Crippen molar-refractivity contribution >= 4 is 46.4 Å². The highest BCUT2D eigenvalue weighted by molar-refractivity contribution is 6.35. The minimum Gasteiger partial charge on any atom is -0.326 e. The number of nitrogens with one attached hydrogen (secondary N) is 1. The van der Waals surface area contributed by atoms with Gasteiger partial charge in [0.05, 0.1) is 10.7 Å². The van der Waals surface area contributed by atoms with Crippen LogP contribution in [0.5, 0.6) is 0 Å². The zero-order chi connectivity index (χ0) is 17.7. The van der Waals surface area contributed by atoms with Crippen molar-refractivity contribution in [2.75, 3.05) is 16.8 Å². The maximum Gasteiger partial charge on any atom is 0.226 e. The minimum absolute atomic E-state index is 0.149. The van der Waals surface area contributed by atoms with Gasteiger partial charge < -0.3 is 10.2 Å². The van der Waals surface area contributed by atoms with E-state index in [-0.39, 0.29) is 24.8 Å². The lowest BCUT2D eigenvalue weighted by atomic mass is 10.2. The monoisotopic (exact) mass is 364 g/mol. The molecule has 0 aromatic heterocycles. The van der Waals surface area contributed by atoms with Crippen molar-refractivity contribution in [3.8, 4) is 0 Å². The van der Waals surface area contributed by atoms with Crippen molar-refractivity contribution in [3.05, 3.63) is 58.1 Å². The summed E-state index contributed by atoms with van der Waals surface area (Å²) < 4.78 is 0. The van der Waals surface area contributed by atoms with E-state index in [1.165, 1.54) is 11.8 Å². The summed E-state index contributed by atoms with van der Waals surface area (Å²) in [5.74, 6) is -0.384. The van der Waals surface area contributed by atoms with Crippen LogP contribution in [0.2, 0.25) is 10.0 Å². The van der Waals surface area contributed by atoms with Crippen LogP contribution in [0.4, 0.5) is 11.4 Å². The molecule has 2 rings (SSSR count). The molecule has 0 aliphatic carbocycles. The lowest BCUT2D eigenvalue weighted by Gasteiger charge is -2.22. The van der Waals surface area contributed by atoms with Gasteiger partial charge in [-0.2, -0.15) is 0 Å². The first-order valence-corrected chi connectivity index (χ1v) is 8.22. The average molecular weight is 365 g/mol. The van der Waals surface area contributed by atoms with Gasteiger partial charge in [-0.25, -0.2) is 0 Å². The molecular formula is C18H18Cl2N2O2. The molecule has 0 unspecified atom stereocenters. The number of carbonyl (C=O) groups excluding carboxylic acids is 2. The first kappa shape index (κ1) is 18.3. The van der Waals surface area contributed by atoms with E-state index in [1.54, 1.807) is 18.2 Å².